The molecule has 0 aliphatic carbocycles. The number of carbonyl (C=O) groups excluding carboxylic acids is 1. The monoisotopic (exact) mass is 380 g/mol. The van der Waals surface area contributed by atoms with E-state index < -0.39 is 0 Å². The van der Waals surface area contributed by atoms with Crippen molar-refractivity contribution in [2.75, 3.05) is 27.4 Å². The fourth-order valence-electron chi connectivity index (χ4n) is 3.86. The molecule has 0 atom stereocenters. The summed E-state index contributed by atoms with van der Waals surface area (Å²) in [5.74, 6) is 1.62. The summed E-state index contributed by atoms with van der Waals surface area (Å²) >= 11 is 0. The molecule has 28 heavy (non-hydrogen) atoms. The largest absolute Gasteiger partial charge is 0.497 e. The Kier molecular flexibility index (Phi) is 4.86. The molecule has 0 bridgehead atoms. The lowest BCUT2D eigenvalue weighted by Crippen LogP contribution is -2.36. The van der Waals surface area contributed by atoms with Gasteiger partial charge in [0.25, 0.3) is 0 Å². The number of amides is 1. The van der Waals surface area contributed by atoms with E-state index in [1.54, 1.807) is 19.1 Å². The minimum atomic E-state index is -0.263. The number of rotatable bonds is 4. The van der Waals surface area contributed by atoms with Crippen molar-refractivity contribution < 1.29 is 19.0 Å². The molecule has 2 aromatic carbocycles. The maximum absolute atomic E-state index is 12.3. The van der Waals surface area contributed by atoms with Gasteiger partial charge in [0, 0.05) is 35.3 Å². The lowest BCUT2D eigenvalue weighted by atomic mass is 10.0. The van der Waals surface area contributed by atoms with Crippen LogP contribution in [-0.4, -0.2) is 42.9 Å². The maximum atomic E-state index is 12.3. The quantitative estimate of drug-likeness (QED) is 0.682. The van der Waals surface area contributed by atoms with Crippen LogP contribution in [-0.2, 0) is 17.7 Å². The number of carbonyl (C=O) groups is 1. The molecule has 0 N–H and O–H groups in total. The van der Waals surface area contributed by atoms with Gasteiger partial charge in [-0.05, 0) is 49.4 Å². The van der Waals surface area contributed by atoms with Gasteiger partial charge in [-0.1, -0.05) is 0 Å². The topological polar surface area (TPSA) is 52.9 Å². The molecule has 0 unspecified atom stereocenters. The molecule has 0 saturated heterocycles. The second-order valence-corrected chi connectivity index (χ2v) is 6.71. The van der Waals surface area contributed by atoms with Crippen LogP contribution in [0, 0.1) is 0 Å². The van der Waals surface area contributed by atoms with Gasteiger partial charge in [0.1, 0.15) is 11.5 Å². The molecule has 3 aromatic rings. The molecule has 0 radical (unpaired) electrons. The van der Waals surface area contributed by atoms with E-state index in [0.717, 1.165) is 40.1 Å². The third-order valence-electron chi connectivity index (χ3n) is 5.21. The van der Waals surface area contributed by atoms with Crippen molar-refractivity contribution in [2.45, 2.75) is 19.9 Å². The third kappa shape index (κ3) is 3.05. The molecule has 2 heterocycles. The molecular formula is C22H24N2O4. The molecule has 4 rings (SSSR count). The highest BCUT2D eigenvalue weighted by molar-refractivity contribution is 5.89. The van der Waals surface area contributed by atoms with Gasteiger partial charge in [-0.2, -0.15) is 0 Å². The lowest BCUT2D eigenvalue weighted by Gasteiger charge is -2.27. The first-order valence-electron chi connectivity index (χ1n) is 9.42. The van der Waals surface area contributed by atoms with E-state index in [-0.39, 0.29) is 6.09 Å². The van der Waals surface area contributed by atoms with E-state index in [4.69, 9.17) is 14.2 Å². The van der Waals surface area contributed by atoms with Crippen LogP contribution in [0.4, 0.5) is 4.79 Å². The highest BCUT2D eigenvalue weighted by Crippen LogP contribution is 2.36. The predicted octanol–water partition coefficient (Wildman–Crippen LogP) is 4.16. The molecule has 1 amide bonds. The molecule has 0 spiro atoms. The Hall–Kier alpha value is -3.15. The zero-order valence-corrected chi connectivity index (χ0v) is 16.4. The molecule has 1 aromatic heterocycles. The molecular weight excluding hydrogens is 356 g/mol. The van der Waals surface area contributed by atoms with Gasteiger partial charge >= 0.3 is 6.09 Å². The standard InChI is InChI=1S/C22H24N2O4/c1-4-28-22(25)23-12-11-21-19(14-23)18-13-17(27-3)9-10-20(18)24(21)15-5-7-16(26-2)8-6-15/h5-10,13H,4,11-12,14H2,1-3H3. The normalized spacial score (nSPS) is 13.3. The summed E-state index contributed by atoms with van der Waals surface area (Å²) in [6.07, 6.45) is 0.498. The number of fused-ring (bicyclic) bond motifs is 3. The Morgan fingerprint density at radius 3 is 2.43 bits per heavy atom. The van der Waals surface area contributed by atoms with Gasteiger partial charge in [-0.25, -0.2) is 4.79 Å². The molecule has 1 aliphatic heterocycles. The van der Waals surface area contributed by atoms with E-state index in [1.165, 1.54) is 5.69 Å². The summed E-state index contributed by atoms with van der Waals surface area (Å²) in [5, 5.41) is 1.10. The van der Waals surface area contributed by atoms with Crippen LogP contribution >= 0.6 is 0 Å². The van der Waals surface area contributed by atoms with Crippen molar-refractivity contribution in [3.8, 4) is 17.2 Å². The van der Waals surface area contributed by atoms with E-state index in [1.807, 2.05) is 31.2 Å². The minimum absolute atomic E-state index is 0.263. The first-order valence-corrected chi connectivity index (χ1v) is 9.42. The minimum Gasteiger partial charge on any atom is -0.497 e. The zero-order chi connectivity index (χ0) is 19.7. The van der Waals surface area contributed by atoms with Crippen molar-refractivity contribution in [1.29, 1.82) is 0 Å². The SMILES string of the molecule is CCOC(=O)N1CCc2c(c3cc(OC)ccc3n2-c2ccc(OC)cc2)C1. The first-order chi connectivity index (χ1) is 13.7. The fourth-order valence-corrected chi connectivity index (χ4v) is 3.86. The van der Waals surface area contributed by atoms with Gasteiger partial charge < -0.3 is 23.7 Å². The van der Waals surface area contributed by atoms with Gasteiger partial charge in [0.15, 0.2) is 0 Å². The van der Waals surface area contributed by atoms with Crippen LogP contribution in [0.3, 0.4) is 0 Å². The second-order valence-electron chi connectivity index (χ2n) is 6.71. The third-order valence-corrected chi connectivity index (χ3v) is 5.21. The molecule has 1 aliphatic rings. The van der Waals surface area contributed by atoms with Crippen LogP contribution < -0.4 is 9.47 Å². The summed E-state index contributed by atoms with van der Waals surface area (Å²) < 4.78 is 18.2. The van der Waals surface area contributed by atoms with Gasteiger partial charge in [-0.15, -0.1) is 0 Å². The predicted molar refractivity (Wildman–Crippen MR) is 108 cm³/mol. The number of ether oxygens (including phenoxy) is 3. The fraction of sp³-hybridized carbons (Fsp3) is 0.318. The molecule has 6 heteroatoms. The van der Waals surface area contributed by atoms with Crippen molar-refractivity contribution in [2.24, 2.45) is 0 Å². The number of hydrogen-bond donors (Lipinski definition) is 0. The van der Waals surface area contributed by atoms with E-state index >= 15 is 0 Å². The van der Waals surface area contributed by atoms with Crippen LogP contribution in [0.5, 0.6) is 11.5 Å². The molecule has 6 nitrogen and oxygen atoms in total. The molecule has 0 saturated carbocycles. The Morgan fingerprint density at radius 2 is 1.75 bits per heavy atom. The Balaban J connectivity index is 1.86. The van der Waals surface area contributed by atoms with E-state index in [9.17, 15) is 4.79 Å². The Bertz CT molecular complexity index is 1010. The summed E-state index contributed by atoms with van der Waals surface area (Å²) in [7, 11) is 3.33. The highest BCUT2D eigenvalue weighted by Gasteiger charge is 2.28. The van der Waals surface area contributed by atoms with Crippen molar-refractivity contribution in [3.63, 3.8) is 0 Å². The average molecular weight is 380 g/mol. The van der Waals surface area contributed by atoms with Crippen LogP contribution in [0.15, 0.2) is 42.5 Å². The summed E-state index contributed by atoms with van der Waals surface area (Å²) in [6.45, 7) is 3.37. The van der Waals surface area contributed by atoms with Crippen molar-refractivity contribution in [3.05, 3.63) is 53.7 Å². The van der Waals surface area contributed by atoms with Crippen LogP contribution in [0.1, 0.15) is 18.2 Å². The summed E-state index contributed by atoms with van der Waals surface area (Å²) in [4.78, 5) is 14.0. The van der Waals surface area contributed by atoms with Gasteiger partial charge in [0.05, 0.1) is 32.9 Å². The molecule has 0 fully saturated rings. The lowest BCUT2D eigenvalue weighted by molar-refractivity contribution is 0.102. The zero-order valence-electron chi connectivity index (χ0n) is 16.4. The number of benzene rings is 2. The molecule has 146 valence electrons. The van der Waals surface area contributed by atoms with Crippen molar-refractivity contribution >= 4 is 17.0 Å². The van der Waals surface area contributed by atoms with Crippen LogP contribution in [0.2, 0.25) is 0 Å². The number of methoxy groups -OCH3 is 2. The first kappa shape index (κ1) is 18.2. The number of nitrogens with zero attached hydrogens (tertiary/aromatic N) is 2. The van der Waals surface area contributed by atoms with E-state index in [2.05, 4.69) is 22.8 Å². The van der Waals surface area contributed by atoms with Crippen molar-refractivity contribution in [1.82, 2.24) is 9.47 Å². The number of aromatic nitrogens is 1. The summed E-state index contributed by atoms with van der Waals surface area (Å²) in [5.41, 5.74) is 4.53. The Labute approximate surface area is 164 Å². The highest BCUT2D eigenvalue weighted by atomic mass is 16.6. The summed E-state index contributed by atoms with van der Waals surface area (Å²) in [6, 6.07) is 14.1. The van der Waals surface area contributed by atoms with Gasteiger partial charge in [0.2, 0.25) is 0 Å². The maximum Gasteiger partial charge on any atom is 0.410 e. The smallest absolute Gasteiger partial charge is 0.410 e. The Morgan fingerprint density at radius 1 is 1.04 bits per heavy atom. The second kappa shape index (κ2) is 7.46. The van der Waals surface area contributed by atoms with Gasteiger partial charge in [-0.3, -0.25) is 0 Å². The average Bonchev–Trinajstić information content (AvgIpc) is 3.06. The van der Waals surface area contributed by atoms with E-state index in [0.29, 0.717) is 19.7 Å². The number of hydrogen-bond acceptors (Lipinski definition) is 4. The van der Waals surface area contributed by atoms with Crippen LogP contribution in [0.25, 0.3) is 16.6 Å².